The first-order chi connectivity index (χ1) is 10.8. The molecule has 6 heteroatoms. The summed E-state index contributed by atoms with van der Waals surface area (Å²) in [4.78, 5) is 0.299. The van der Waals surface area contributed by atoms with E-state index in [9.17, 15) is 8.42 Å². The van der Waals surface area contributed by atoms with Crippen molar-refractivity contribution in [1.82, 2.24) is 3.97 Å². The van der Waals surface area contributed by atoms with Gasteiger partial charge in [-0.25, -0.2) is 12.4 Å². The Morgan fingerprint density at radius 1 is 1.13 bits per heavy atom. The van der Waals surface area contributed by atoms with Crippen molar-refractivity contribution in [3.05, 3.63) is 64.3 Å². The van der Waals surface area contributed by atoms with E-state index in [0.29, 0.717) is 10.4 Å². The van der Waals surface area contributed by atoms with Crippen LogP contribution in [0.5, 0.6) is 0 Å². The number of aromatic nitrogens is 1. The maximum Gasteiger partial charge on any atom is 0.268 e. The largest absolute Gasteiger partial charge is 0.268 e. The van der Waals surface area contributed by atoms with Crippen molar-refractivity contribution in [2.24, 2.45) is 0 Å². The van der Waals surface area contributed by atoms with Crippen molar-refractivity contribution in [1.29, 1.82) is 0 Å². The molecule has 0 aliphatic carbocycles. The molecule has 2 aromatic carbocycles. The molecular formula is C17H15BrINO2S. The van der Waals surface area contributed by atoms with Crippen LogP contribution in [-0.2, 0) is 10.0 Å². The molecule has 120 valence electrons. The summed E-state index contributed by atoms with van der Waals surface area (Å²) in [5.41, 5.74) is 2.73. The predicted molar refractivity (Wildman–Crippen MR) is 106 cm³/mol. The molecule has 23 heavy (non-hydrogen) atoms. The Balaban J connectivity index is 2.32. The van der Waals surface area contributed by atoms with Crippen LogP contribution in [0.25, 0.3) is 10.9 Å². The van der Waals surface area contributed by atoms with Crippen molar-refractivity contribution >= 4 is 59.4 Å². The van der Waals surface area contributed by atoms with Gasteiger partial charge in [-0.1, -0.05) is 62.3 Å². The average molecular weight is 504 g/mol. The zero-order chi connectivity index (χ0) is 16.8. The molecule has 0 amide bonds. The molecule has 1 unspecified atom stereocenters. The van der Waals surface area contributed by atoms with E-state index in [1.165, 1.54) is 3.97 Å². The van der Waals surface area contributed by atoms with Crippen LogP contribution < -0.4 is 0 Å². The topological polar surface area (TPSA) is 39.1 Å². The fourth-order valence-corrected chi connectivity index (χ4v) is 4.99. The minimum atomic E-state index is -3.62. The third-order valence-electron chi connectivity index (χ3n) is 3.78. The molecule has 0 saturated heterocycles. The van der Waals surface area contributed by atoms with Gasteiger partial charge >= 0.3 is 0 Å². The number of aryl methyl sites for hydroxylation is 1. The molecule has 0 radical (unpaired) electrons. The number of fused-ring (bicyclic) bond motifs is 1. The maximum atomic E-state index is 13.1. The molecule has 3 rings (SSSR count). The fourth-order valence-electron chi connectivity index (χ4n) is 2.57. The first kappa shape index (κ1) is 17.0. The highest BCUT2D eigenvalue weighted by Crippen LogP contribution is 2.37. The van der Waals surface area contributed by atoms with Gasteiger partial charge in [0.1, 0.15) is 0 Å². The van der Waals surface area contributed by atoms with Crippen LogP contribution in [0.2, 0.25) is 0 Å². The van der Waals surface area contributed by atoms with Gasteiger partial charge in [0.15, 0.2) is 0 Å². The summed E-state index contributed by atoms with van der Waals surface area (Å²) in [5.74, 6) is 0. The molecule has 0 aliphatic rings. The smallest absolute Gasteiger partial charge is 0.241 e. The monoisotopic (exact) mass is 503 g/mol. The second-order valence-electron chi connectivity index (χ2n) is 5.45. The number of halogens is 2. The van der Waals surface area contributed by atoms with Crippen LogP contribution in [0, 0.1) is 6.92 Å². The molecule has 0 aliphatic heterocycles. The van der Waals surface area contributed by atoms with Gasteiger partial charge in [0.25, 0.3) is 10.0 Å². The fraction of sp³-hybridized carbons (Fsp3) is 0.176. The van der Waals surface area contributed by atoms with Gasteiger partial charge in [0.05, 0.1) is 10.4 Å². The van der Waals surface area contributed by atoms with Gasteiger partial charge in [-0.05, 0) is 43.7 Å². The molecule has 0 bridgehead atoms. The molecule has 1 aromatic heterocycles. The molecule has 1 atom stereocenters. The highest BCUT2D eigenvalue weighted by atomic mass is 127. The summed E-state index contributed by atoms with van der Waals surface area (Å²) < 4.78 is 28.6. The van der Waals surface area contributed by atoms with Gasteiger partial charge in [-0.2, -0.15) is 0 Å². The van der Waals surface area contributed by atoms with Crippen LogP contribution >= 0.6 is 38.5 Å². The van der Waals surface area contributed by atoms with E-state index < -0.39 is 10.0 Å². The second kappa shape index (κ2) is 6.22. The molecule has 0 spiro atoms. The van der Waals surface area contributed by atoms with E-state index in [1.807, 2.05) is 37.3 Å². The number of hydrogen-bond donors (Lipinski definition) is 0. The number of rotatable bonds is 3. The summed E-state index contributed by atoms with van der Waals surface area (Å²) in [7, 11) is -3.62. The van der Waals surface area contributed by atoms with E-state index in [4.69, 9.17) is 0 Å². The van der Waals surface area contributed by atoms with Crippen LogP contribution in [0.3, 0.4) is 0 Å². The Morgan fingerprint density at radius 3 is 2.39 bits per heavy atom. The van der Waals surface area contributed by atoms with Crippen LogP contribution in [0.15, 0.2) is 58.0 Å². The van der Waals surface area contributed by atoms with Crippen LogP contribution in [-0.4, -0.2) is 12.4 Å². The lowest BCUT2D eigenvalue weighted by molar-refractivity contribution is 0.589. The summed E-state index contributed by atoms with van der Waals surface area (Å²) in [6.45, 7) is 3.99. The molecule has 3 aromatic rings. The second-order valence-corrected chi connectivity index (χ2v) is 9.99. The van der Waals surface area contributed by atoms with Crippen molar-refractivity contribution in [3.8, 4) is 0 Å². The van der Waals surface area contributed by atoms with Crippen molar-refractivity contribution in [3.63, 3.8) is 0 Å². The highest BCUT2D eigenvalue weighted by molar-refractivity contribution is 14.1. The summed E-state index contributed by atoms with van der Waals surface area (Å²) >= 11 is 5.85. The van der Waals surface area contributed by atoms with Crippen molar-refractivity contribution in [2.45, 2.75) is 22.7 Å². The Kier molecular flexibility index (Phi) is 4.59. The first-order valence-electron chi connectivity index (χ1n) is 7.08. The minimum Gasteiger partial charge on any atom is -0.241 e. The number of benzene rings is 2. The molecule has 1 heterocycles. The van der Waals surface area contributed by atoms with E-state index in [2.05, 4.69) is 45.4 Å². The summed E-state index contributed by atoms with van der Waals surface area (Å²) in [5, 5.41) is 0.949. The lowest BCUT2D eigenvalue weighted by Gasteiger charge is -2.08. The molecule has 0 saturated carbocycles. The number of hydrogen-bond acceptors (Lipinski definition) is 2. The first-order valence-corrected chi connectivity index (χ1v) is 10.6. The van der Waals surface area contributed by atoms with Crippen LogP contribution in [0.1, 0.15) is 22.0 Å². The Morgan fingerprint density at radius 2 is 1.78 bits per heavy atom. The summed E-state index contributed by atoms with van der Waals surface area (Å²) in [6, 6.07) is 12.6. The molecular weight excluding hydrogens is 489 g/mol. The summed E-state index contributed by atoms with van der Waals surface area (Å²) in [6.07, 6.45) is 1.74. The Hall–Kier alpha value is -0.860. The SMILES string of the molecule is Cc1ccc(S(=O)(=O)n2cc(C(C)I)c3c(Br)cccc32)cc1. The maximum absolute atomic E-state index is 13.1. The van der Waals surface area contributed by atoms with Gasteiger partial charge in [0, 0.05) is 20.0 Å². The highest BCUT2D eigenvalue weighted by Gasteiger charge is 2.23. The van der Waals surface area contributed by atoms with Gasteiger partial charge in [-0.15, -0.1) is 0 Å². The lowest BCUT2D eigenvalue weighted by atomic mass is 10.1. The third-order valence-corrected chi connectivity index (χ3v) is 6.80. The number of alkyl halides is 1. The van der Waals surface area contributed by atoms with E-state index in [1.54, 1.807) is 18.3 Å². The zero-order valence-corrected chi connectivity index (χ0v) is 17.2. The van der Waals surface area contributed by atoms with E-state index in [0.717, 1.165) is 21.0 Å². The Labute approximate surface area is 158 Å². The molecule has 0 fully saturated rings. The number of nitrogens with zero attached hydrogens (tertiary/aromatic N) is 1. The molecule has 0 N–H and O–H groups in total. The van der Waals surface area contributed by atoms with Gasteiger partial charge < -0.3 is 0 Å². The van der Waals surface area contributed by atoms with E-state index in [-0.39, 0.29) is 3.92 Å². The molecule has 3 nitrogen and oxygen atoms in total. The quantitative estimate of drug-likeness (QED) is 0.352. The average Bonchev–Trinajstić information content (AvgIpc) is 2.89. The third kappa shape index (κ3) is 2.96. The van der Waals surface area contributed by atoms with Gasteiger partial charge in [-0.3, -0.25) is 0 Å². The standard InChI is InChI=1S/C17H15BrINO2S/c1-11-6-8-13(9-7-11)23(21,22)20-10-14(12(2)19)17-15(18)4-3-5-16(17)20/h3-10,12H,1-2H3. The minimum absolute atomic E-state index is 0.197. The Bertz CT molecular complexity index is 976. The normalized spacial score (nSPS) is 13.4. The van der Waals surface area contributed by atoms with Crippen molar-refractivity contribution < 1.29 is 8.42 Å². The van der Waals surface area contributed by atoms with E-state index >= 15 is 0 Å². The van der Waals surface area contributed by atoms with Gasteiger partial charge in [0.2, 0.25) is 0 Å². The zero-order valence-electron chi connectivity index (χ0n) is 12.6. The lowest BCUT2D eigenvalue weighted by Crippen LogP contribution is -2.11. The van der Waals surface area contributed by atoms with Crippen molar-refractivity contribution in [2.75, 3.05) is 0 Å². The van der Waals surface area contributed by atoms with Crippen LogP contribution in [0.4, 0.5) is 0 Å². The predicted octanol–water partition coefficient (Wildman–Crippen LogP) is 5.45.